The first-order valence-electron chi connectivity index (χ1n) is 3.53. The Balaban J connectivity index is 3.30. The first-order chi connectivity index (χ1) is 5.69. The molecule has 0 amide bonds. The summed E-state index contributed by atoms with van der Waals surface area (Å²) < 4.78 is 5.04. The van der Waals surface area contributed by atoms with Gasteiger partial charge >= 0.3 is 0 Å². The van der Waals surface area contributed by atoms with Crippen LogP contribution in [0.5, 0.6) is 5.75 Å². The zero-order valence-electron chi connectivity index (χ0n) is 7.09. The van der Waals surface area contributed by atoms with Crippen LogP contribution in [-0.4, -0.2) is 7.11 Å². The van der Waals surface area contributed by atoms with Crippen molar-refractivity contribution in [2.75, 3.05) is 12.8 Å². The molecule has 0 saturated heterocycles. The zero-order valence-corrected chi connectivity index (χ0v) is 7.09. The van der Waals surface area contributed by atoms with Crippen LogP contribution in [0.15, 0.2) is 12.1 Å². The number of rotatable bonds is 1. The number of nitrogens with two attached hydrogens (primary N) is 1. The topological polar surface area (TPSA) is 59.0 Å². The number of nitriles is 1. The van der Waals surface area contributed by atoms with Gasteiger partial charge in [-0.25, -0.2) is 0 Å². The van der Waals surface area contributed by atoms with Gasteiger partial charge in [-0.15, -0.1) is 0 Å². The van der Waals surface area contributed by atoms with Gasteiger partial charge in [0.2, 0.25) is 0 Å². The predicted molar refractivity (Wildman–Crippen MR) is 46.9 cm³/mol. The Hall–Kier alpha value is -1.69. The van der Waals surface area contributed by atoms with Crippen molar-refractivity contribution in [2.24, 2.45) is 0 Å². The second-order valence-electron chi connectivity index (χ2n) is 2.52. The number of nitrogen functional groups attached to an aromatic ring is 1. The summed E-state index contributed by atoms with van der Waals surface area (Å²) in [5.41, 5.74) is 7.47. The van der Waals surface area contributed by atoms with Crippen molar-refractivity contribution in [1.82, 2.24) is 0 Å². The summed E-state index contributed by atoms with van der Waals surface area (Å²) in [5.74, 6) is 0.695. The lowest BCUT2D eigenvalue weighted by Crippen LogP contribution is -1.94. The van der Waals surface area contributed by atoms with Crippen molar-refractivity contribution in [3.63, 3.8) is 0 Å². The Morgan fingerprint density at radius 3 is 2.67 bits per heavy atom. The second-order valence-corrected chi connectivity index (χ2v) is 2.52. The van der Waals surface area contributed by atoms with Crippen molar-refractivity contribution in [3.8, 4) is 11.8 Å². The van der Waals surface area contributed by atoms with E-state index in [4.69, 9.17) is 15.7 Å². The lowest BCUT2D eigenvalue weighted by Gasteiger charge is -2.05. The number of hydrogen-bond acceptors (Lipinski definition) is 3. The molecule has 0 unspecified atom stereocenters. The number of aryl methyl sites for hydroxylation is 1. The third-order valence-corrected chi connectivity index (χ3v) is 1.69. The normalized spacial score (nSPS) is 9.08. The number of nitrogens with zero attached hydrogens (tertiary/aromatic N) is 1. The average Bonchev–Trinajstić information content (AvgIpc) is 2.05. The van der Waals surface area contributed by atoms with Gasteiger partial charge in [-0.2, -0.15) is 5.26 Å². The molecule has 1 aromatic carbocycles. The molecule has 3 heteroatoms. The van der Waals surface area contributed by atoms with Crippen LogP contribution in [0.2, 0.25) is 0 Å². The van der Waals surface area contributed by atoms with Gasteiger partial charge in [0.05, 0.1) is 12.7 Å². The van der Waals surface area contributed by atoms with E-state index in [1.165, 1.54) is 0 Å². The van der Waals surface area contributed by atoms with Crippen LogP contribution in [0.25, 0.3) is 0 Å². The smallest absolute Gasteiger partial charge is 0.123 e. The maximum Gasteiger partial charge on any atom is 0.123 e. The molecule has 0 aliphatic heterocycles. The van der Waals surface area contributed by atoms with E-state index in [-0.39, 0.29) is 0 Å². The summed E-state index contributed by atoms with van der Waals surface area (Å²) in [7, 11) is 1.57. The molecule has 0 atom stereocenters. The summed E-state index contributed by atoms with van der Waals surface area (Å²) in [6.45, 7) is 1.89. The highest BCUT2D eigenvalue weighted by Gasteiger charge is 2.03. The van der Waals surface area contributed by atoms with E-state index < -0.39 is 0 Å². The Kier molecular flexibility index (Phi) is 2.20. The van der Waals surface area contributed by atoms with Crippen LogP contribution in [0.1, 0.15) is 11.1 Å². The van der Waals surface area contributed by atoms with Crippen LogP contribution in [0.3, 0.4) is 0 Å². The van der Waals surface area contributed by atoms with E-state index >= 15 is 0 Å². The molecule has 0 spiro atoms. The highest BCUT2D eigenvalue weighted by molar-refractivity contribution is 5.59. The molecule has 0 radical (unpaired) electrons. The molecular weight excluding hydrogens is 152 g/mol. The summed E-state index contributed by atoms with van der Waals surface area (Å²) in [5, 5.41) is 8.64. The van der Waals surface area contributed by atoms with Crippen molar-refractivity contribution < 1.29 is 4.74 Å². The summed E-state index contributed by atoms with van der Waals surface area (Å²) in [4.78, 5) is 0. The third kappa shape index (κ3) is 1.32. The minimum Gasteiger partial charge on any atom is -0.496 e. The molecule has 2 N–H and O–H groups in total. The van der Waals surface area contributed by atoms with Gasteiger partial charge in [-0.05, 0) is 18.6 Å². The van der Waals surface area contributed by atoms with Gasteiger partial charge in [0, 0.05) is 11.8 Å². The van der Waals surface area contributed by atoms with Gasteiger partial charge in [0.15, 0.2) is 0 Å². The monoisotopic (exact) mass is 162 g/mol. The summed E-state index contributed by atoms with van der Waals surface area (Å²) in [6.07, 6.45) is 0. The van der Waals surface area contributed by atoms with Crippen LogP contribution >= 0.6 is 0 Å². The van der Waals surface area contributed by atoms with Crippen LogP contribution in [0.4, 0.5) is 5.69 Å². The van der Waals surface area contributed by atoms with Gasteiger partial charge in [-0.3, -0.25) is 0 Å². The number of ether oxygens (including phenoxy) is 1. The van der Waals surface area contributed by atoms with Crippen molar-refractivity contribution in [1.29, 1.82) is 5.26 Å². The van der Waals surface area contributed by atoms with E-state index in [1.54, 1.807) is 19.2 Å². The molecule has 3 nitrogen and oxygen atoms in total. The Morgan fingerprint density at radius 1 is 1.50 bits per heavy atom. The molecule has 0 fully saturated rings. The van der Waals surface area contributed by atoms with E-state index in [9.17, 15) is 0 Å². The van der Waals surface area contributed by atoms with E-state index in [0.29, 0.717) is 17.0 Å². The number of methoxy groups -OCH3 is 1. The second kappa shape index (κ2) is 3.14. The molecule has 0 aliphatic rings. The molecular formula is C9H10N2O. The molecule has 0 saturated carbocycles. The summed E-state index contributed by atoms with van der Waals surface area (Å²) >= 11 is 0. The van der Waals surface area contributed by atoms with E-state index in [2.05, 4.69) is 0 Å². The minimum absolute atomic E-state index is 0.456. The van der Waals surface area contributed by atoms with E-state index in [0.717, 1.165) is 5.56 Å². The number of anilines is 1. The van der Waals surface area contributed by atoms with Gasteiger partial charge in [0.25, 0.3) is 0 Å². The van der Waals surface area contributed by atoms with Crippen molar-refractivity contribution in [3.05, 3.63) is 23.3 Å². The lowest BCUT2D eigenvalue weighted by molar-refractivity contribution is 0.411. The molecule has 0 heterocycles. The maximum atomic E-state index is 8.64. The lowest BCUT2D eigenvalue weighted by atomic mass is 10.1. The standard InChI is InChI=1S/C9H10N2O/c1-6-3-8(11)7(5-10)4-9(6)12-2/h3-4H,11H2,1-2H3. The molecule has 0 aromatic heterocycles. The van der Waals surface area contributed by atoms with Crippen LogP contribution in [-0.2, 0) is 0 Å². The fourth-order valence-electron chi connectivity index (χ4n) is 1.03. The fourth-order valence-corrected chi connectivity index (χ4v) is 1.03. The zero-order chi connectivity index (χ0) is 9.14. The van der Waals surface area contributed by atoms with Gasteiger partial charge < -0.3 is 10.5 Å². The highest BCUT2D eigenvalue weighted by Crippen LogP contribution is 2.23. The maximum absolute atomic E-state index is 8.64. The largest absolute Gasteiger partial charge is 0.496 e. The predicted octanol–water partition coefficient (Wildman–Crippen LogP) is 1.46. The molecule has 12 heavy (non-hydrogen) atoms. The number of hydrogen-bond donors (Lipinski definition) is 1. The quantitative estimate of drug-likeness (QED) is 0.636. The fraction of sp³-hybridized carbons (Fsp3) is 0.222. The summed E-state index contributed by atoms with van der Waals surface area (Å²) in [6, 6.07) is 5.37. The Bertz CT molecular complexity index is 339. The molecule has 62 valence electrons. The van der Waals surface area contributed by atoms with Gasteiger partial charge in [0.1, 0.15) is 11.8 Å². The van der Waals surface area contributed by atoms with Crippen molar-refractivity contribution >= 4 is 5.69 Å². The van der Waals surface area contributed by atoms with Gasteiger partial charge in [-0.1, -0.05) is 0 Å². The average molecular weight is 162 g/mol. The minimum atomic E-state index is 0.456. The first-order valence-corrected chi connectivity index (χ1v) is 3.53. The SMILES string of the molecule is COc1cc(C#N)c(N)cc1C. The molecule has 1 rings (SSSR count). The van der Waals surface area contributed by atoms with Crippen LogP contribution < -0.4 is 10.5 Å². The first kappa shape index (κ1) is 8.41. The Labute approximate surface area is 71.4 Å². The number of benzene rings is 1. The molecule has 1 aromatic rings. The molecule has 0 aliphatic carbocycles. The Morgan fingerprint density at radius 2 is 2.17 bits per heavy atom. The van der Waals surface area contributed by atoms with E-state index in [1.807, 2.05) is 13.0 Å². The van der Waals surface area contributed by atoms with Crippen LogP contribution in [0, 0.1) is 18.3 Å². The third-order valence-electron chi connectivity index (χ3n) is 1.69. The molecule has 0 bridgehead atoms. The highest BCUT2D eigenvalue weighted by atomic mass is 16.5. The van der Waals surface area contributed by atoms with Crippen molar-refractivity contribution in [2.45, 2.75) is 6.92 Å².